The van der Waals surface area contributed by atoms with Crippen molar-refractivity contribution in [1.29, 1.82) is 0 Å². The molecule has 0 aromatic carbocycles. The predicted molar refractivity (Wildman–Crippen MR) is 72.2 cm³/mol. The van der Waals surface area contributed by atoms with E-state index in [1.165, 1.54) is 4.88 Å². The molecule has 0 saturated heterocycles. The topological polar surface area (TPSA) is 56.7 Å². The summed E-state index contributed by atoms with van der Waals surface area (Å²) in [7, 11) is 1.91. The third-order valence-corrected chi connectivity index (χ3v) is 3.81. The lowest BCUT2D eigenvalue weighted by Gasteiger charge is -1.97. The molecule has 0 amide bonds. The van der Waals surface area contributed by atoms with Crippen LogP contribution in [-0.2, 0) is 13.5 Å². The second kappa shape index (κ2) is 4.49. The average Bonchev–Trinajstić information content (AvgIpc) is 2.81. The van der Waals surface area contributed by atoms with E-state index in [2.05, 4.69) is 36.9 Å². The van der Waals surface area contributed by atoms with E-state index in [1.807, 2.05) is 11.7 Å². The number of aromatic nitrogens is 3. The first-order valence-electron chi connectivity index (χ1n) is 5.82. The van der Waals surface area contributed by atoms with E-state index in [0.29, 0.717) is 5.92 Å². The Balaban J connectivity index is 2.48. The van der Waals surface area contributed by atoms with Crippen LogP contribution < -0.4 is 5.73 Å². The van der Waals surface area contributed by atoms with Gasteiger partial charge in [0.2, 0.25) is 0 Å². The van der Waals surface area contributed by atoms with Gasteiger partial charge in [0.25, 0.3) is 0 Å². The second-order valence-corrected chi connectivity index (χ2v) is 5.58. The summed E-state index contributed by atoms with van der Waals surface area (Å²) < 4.78 is 1.81. The first kappa shape index (κ1) is 12.1. The standard InChI is InChI=1S/C12H18N4S/c1-5-8-6-9(10(13)17-8)12-14-11(7(2)3)15-16(12)4/h6-7H,5,13H2,1-4H3. The SMILES string of the molecule is CCc1cc(-c2nc(C(C)C)nn2C)c(N)s1. The van der Waals surface area contributed by atoms with Crippen molar-refractivity contribution in [2.75, 3.05) is 5.73 Å². The largest absolute Gasteiger partial charge is 0.390 e. The van der Waals surface area contributed by atoms with Crippen molar-refractivity contribution in [1.82, 2.24) is 14.8 Å². The lowest BCUT2D eigenvalue weighted by Crippen LogP contribution is -1.96. The van der Waals surface area contributed by atoms with Gasteiger partial charge in [-0.1, -0.05) is 20.8 Å². The van der Waals surface area contributed by atoms with Crippen molar-refractivity contribution < 1.29 is 0 Å². The van der Waals surface area contributed by atoms with Crippen molar-refractivity contribution in [3.8, 4) is 11.4 Å². The van der Waals surface area contributed by atoms with Crippen LogP contribution in [-0.4, -0.2) is 14.8 Å². The molecule has 0 radical (unpaired) electrons. The fourth-order valence-corrected chi connectivity index (χ4v) is 2.55. The van der Waals surface area contributed by atoms with Crippen LogP contribution in [0.25, 0.3) is 11.4 Å². The summed E-state index contributed by atoms with van der Waals surface area (Å²) in [5, 5.41) is 5.24. The first-order chi connectivity index (χ1) is 8.02. The zero-order valence-corrected chi connectivity index (χ0v) is 11.5. The molecule has 0 atom stereocenters. The number of hydrogen-bond acceptors (Lipinski definition) is 4. The van der Waals surface area contributed by atoms with Crippen LogP contribution in [0.15, 0.2) is 6.07 Å². The third-order valence-electron chi connectivity index (χ3n) is 2.70. The predicted octanol–water partition coefficient (Wildman–Crippen LogP) is 2.81. The first-order valence-corrected chi connectivity index (χ1v) is 6.64. The molecule has 5 heteroatoms. The van der Waals surface area contributed by atoms with Gasteiger partial charge in [0.05, 0.1) is 10.6 Å². The van der Waals surface area contributed by atoms with E-state index in [4.69, 9.17) is 5.73 Å². The molecule has 0 aliphatic rings. The van der Waals surface area contributed by atoms with Crippen molar-refractivity contribution in [2.45, 2.75) is 33.1 Å². The molecular weight excluding hydrogens is 232 g/mol. The monoisotopic (exact) mass is 250 g/mol. The average molecular weight is 250 g/mol. The van der Waals surface area contributed by atoms with Crippen LogP contribution in [0.2, 0.25) is 0 Å². The number of thiophene rings is 1. The molecular formula is C12H18N4S. The fourth-order valence-electron chi connectivity index (χ4n) is 1.69. The number of nitrogens with two attached hydrogens (primary N) is 1. The van der Waals surface area contributed by atoms with E-state index in [9.17, 15) is 0 Å². The van der Waals surface area contributed by atoms with E-state index >= 15 is 0 Å². The number of rotatable bonds is 3. The van der Waals surface area contributed by atoms with Crippen LogP contribution in [0.1, 0.15) is 37.4 Å². The summed E-state index contributed by atoms with van der Waals surface area (Å²) in [6.07, 6.45) is 1.00. The maximum atomic E-state index is 6.04. The molecule has 2 aromatic rings. The zero-order valence-electron chi connectivity index (χ0n) is 10.7. The zero-order chi connectivity index (χ0) is 12.6. The van der Waals surface area contributed by atoms with Crippen LogP contribution in [0.5, 0.6) is 0 Å². The van der Waals surface area contributed by atoms with E-state index in [-0.39, 0.29) is 0 Å². The summed E-state index contributed by atoms with van der Waals surface area (Å²) in [4.78, 5) is 5.85. The molecule has 0 bridgehead atoms. The number of anilines is 1. The number of nitrogens with zero attached hydrogens (tertiary/aromatic N) is 3. The van der Waals surface area contributed by atoms with Crippen molar-refractivity contribution >= 4 is 16.3 Å². The third kappa shape index (κ3) is 2.20. The Bertz CT molecular complexity index is 525. The Morgan fingerprint density at radius 1 is 1.47 bits per heavy atom. The lowest BCUT2D eigenvalue weighted by atomic mass is 10.2. The Labute approximate surface area is 105 Å². The minimum atomic E-state index is 0.334. The summed E-state index contributed by atoms with van der Waals surface area (Å²) >= 11 is 1.63. The van der Waals surface area contributed by atoms with Gasteiger partial charge in [0.1, 0.15) is 0 Å². The summed E-state index contributed by atoms with van der Waals surface area (Å²) in [6, 6.07) is 2.12. The molecule has 17 heavy (non-hydrogen) atoms. The van der Waals surface area contributed by atoms with E-state index in [0.717, 1.165) is 28.6 Å². The molecule has 2 aromatic heterocycles. The molecule has 2 heterocycles. The molecule has 2 N–H and O–H groups in total. The molecule has 2 rings (SSSR count). The van der Waals surface area contributed by atoms with E-state index < -0.39 is 0 Å². The van der Waals surface area contributed by atoms with Crippen LogP contribution in [0.3, 0.4) is 0 Å². The Morgan fingerprint density at radius 3 is 2.65 bits per heavy atom. The van der Waals surface area contributed by atoms with Gasteiger partial charge < -0.3 is 5.73 Å². The highest BCUT2D eigenvalue weighted by molar-refractivity contribution is 7.16. The van der Waals surface area contributed by atoms with Gasteiger partial charge in [-0.05, 0) is 12.5 Å². The van der Waals surface area contributed by atoms with Crippen molar-refractivity contribution in [3.63, 3.8) is 0 Å². The van der Waals surface area contributed by atoms with Gasteiger partial charge in [0, 0.05) is 17.8 Å². The lowest BCUT2D eigenvalue weighted by molar-refractivity contribution is 0.712. The van der Waals surface area contributed by atoms with Crippen LogP contribution in [0, 0.1) is 0 Å². The van der Waals surface area contributed by atoms with Crippen molar-refractivity contribution in [3.05, 3.63) is 16.8 Å². The molecule has 0 aliphatic heterocycles. The Morgan fingerprint density at radius 2 is 2.18 bits per heavy atom. The molecule has 92 valence electrons. The summed E-state index contributed by atoms with van der Waals surface area (Å²) in [6.45, 7) is 6.31. The van der Waals surface area contributed by atoms with Crippen LogP contribution >= 0.6 is 11.3 Å². The van der Waals surface area contributed by atoms with Gasteiger partial charge in [-0.25, -0.2) is 9.67 Å². The number of nitrogen functional groups attached to an aromatic ring is 1. The molecule has 0 aliphatic carbocycles. The summed E-state index contributed by atoms with van der Waals surface area (Å²) in [5.41, 5.74) is 7.05. The highest BCUT2D eigenvalue weighted by atomic mass is 32.1. The van der Waals surface area contributed by atoms with Gasteiger partial charge in [-0.15, -0.1) is 11.3 Å². The Hall–Kier alpha value is -1.36. The number of aryl methyl sites for hydroxylation is 2. The maximum Gasteiger partial charge on any atom is 0.161 e. The summed E-state index contributed by atoms with van der Waals surface area (Å²) in [5.74, 6) is 2.06. The van der Waals surface area contributed by atoms with Gasteiger partial charge in [-0.3, -0.25) is 0 Å². The Kier molecular flexibility index (Phi) is 3.19. The second-order valence-electron chi connectivity index (χ2n) is 4.42. The van der Waals surface area contributed by atoms with Gasteiger partial charge in [-0.2, -0.15) is 5.10 Å². The maximum absolute atomic E-state index is 6.04. The quantitative estimate of drug-likeness (QED) is 0.911. The molecule has 0 spiro atoms. The highest BCUT2D eigenvalue weighted by Crippen LogP contribution is 2.33. The molecule has 0 fully saturated rings. The minimum absolute atomic E-state index is 0.334. The smallest absolute Gasteiger partial charge is 0.161 e. The molecule has 0 saturated carbocycles. The minimum Gasteiger partial charge on any atom is -0.390 e. The van der Waals surface area contributed by atoms with E-state index in [1.54, 1.807) is 11.3 Å². The van der Waals surface area contributed by atoms with Crippen molar-refractivity contribution in [2.24, 2.45) is 7.05 Å². The van der Waals surface area contributed by atoms with Crippen LogP contribution in [0.4, 0.5) is 5.00 Å². The molecule has 4 nitrogen and oxygen atoms in total. The van der Waals surface area contributed by atoms with Gasteiger partial charge in [0.15, 0.2) is 11.6 Å². The highest BCUT2D eigenvalue weighted by Gasteiger charge is 2.16. The van der Waals surface area contributed by atoms with Gasteiger partial charge >= 0.3 is 0 Å². The molecule has 0 unspecified atom stereocenters. The fraction of sp³-hybridized carbons (Fsp3) is 0.500. The normalized spacial score (nSPS) is 11.4. The number of hydrogen-bond donors (Lipinski definition) is 1.